The van der Waals surface area contributed by atoms with Gasteiger partial charge in [-0.15, -0.1) is 0 Å². The van der Waals surface area contributed by atoms with E-state index in [0.29, 0.717) is 39.3 Å². The van der Waals surface area contributed by atoms with Crippen molar-refractivity contribution in [3.63, 3.8) is 0 Å². The predicted octanol–water partition coefficient (Wildman–Crippen LogP) is 0.431. The standard InChI is InChI=1S/C33H42N4O8/c38-19-7-14-37-29-32(42)36(16-15-35-17-20-43-21-18-35)13-6-12-33(29)28(31(37)41)27-25(45-33)10-4-5-11-26(39)44-22-24(34-30(27)40)23-8-2-1-3-9-23/h1-4,6,8-10,12,24-25,27-29,38H,5,7,11,13-22H2,(H,34,40)/b10-4-/t24-,25+,27-,28-,29+,33-/m0/s1. The molecule has 6 rings (SSSR count). The Labute approximate surface area is 262 Å². The normalized spacial score (nSPS) is 33.3. The van der Waals surface area contributed by atoms with E-state index in [9.17, 15) is 24.3 Å². The quantitative estimate of drug-likeness (QED) is 0.328. The second-order valence-electron chi connectivity index (χ2n) is 12.2. The van der Waals surface area contributed by atoms with Crippen LogP contribution in [0.15, 0.2) is 54.6 Å². The number of benzene rings is 1. The number of hydrogen-bond acceptors (Lipinski definition) is 9. The number of aliphatic hydroxyl groups is 1. The molecule has 0 aliphatic carbocycles. The Morgan fingerprint density at radius 1 is 0.978 bits per heavy atom. The van der Waals surface area contributed by atoms with E-state index in [1.807, 2.05) is 42.5 Å². The van der Waals surface area contributed by atoms with Gasteiger partial charge < -0.3 is 34.4 Å². The lowest BCUT2D eigenvalue weighted by Gasteiger charge is -2.36. The summed E-state index contributed by atoms with van der Waals surface area (Å²) in [5.41, 5.74) is -0.611. The summed E-state index contributed by atoms with van der Waals surface area (Å²) in [6, 6.07) is 7.62. The first kappa shape index (κ1) is 31.4. The number of nitrogens with one attached hydrogen (secondary N) is 1. The molecule has 0 radical (unpaired) electrons. The Balaban J connectivity index is 1.34. The molecule has 1 aromatic rings. The molecule has 0 aromatic heterocycles. The van der Waals surface area contributed by atoms with E-state index in [1.165, 1.54) is 4.90 Å². The van der Waals surface area contributed by atoms with Crippen molar-refractivity contribution in [1.82, 2.24) is 20.0 Å². The molecule has 5 aliphatic rings. The number of carbonyl (C=O) groups is 4. The summed E-state index contributed by atoms with van der Waals surface area (Å²) in [7, 11) is 0. The first-order valence-electron chi connectivity index (χ1n) is 16.0. The molecule has 0 saturated carbocycles. The van der Waals surface area contributed by atoms with E-state index in [-0.39, 0.29) is 50.4 Å². The number of ether oxygens (including phenoxy) is 3. The fraction of sp³-hybridized carbons (Fsp3) is 0.576. The number of fused-ring (bicyclic) bond motifs is 2. The number of morpholine rings is 1. The summed E-state index contributed by atoms with van der Waals surface area (Å²) in [6.45, 7) is 4.37. The van der Waals surface area contributed by atoms with Gasteiger partial charge in [-0.2, -0.15) is 0 Å². The van der Waals surface area contributed by atoms with Crippen LogP contribution in [0.1, 0.15) is 30.9 Å². The van der Waals surface area contributed by atoms with E-state index in [2.05, 4.69) is 10.2 Å². The number of aliphatic hydroxyl groups excluding tert-OH is 1. The number of rotatable bonds is 7. The largest absolute Gasteiger partial charge is 0.463 e. The maximum atomic E-state index is 14.4. The average molecular weight is 623 g/mol. The van der Waals surface area contributed by atoms with Gasteiger partial charge in [0, 0.05) is 52.3 Å². The minimum Gasteiger partial charge on any atom is -0.463 e. The number of carbonyl (C=O) groups excluding carboxylic acids is 4. The van der Waals surface area contributed by atoms with Crippen molar-refractivity contribution < 1.29 is 38.5 Å². The minimum absolute atomic E-state index is 0.0535. The predicted molar refractivity (Wildman–Crippen MR) is 161 cm³/mol. The van der Waals surface area contributed by atoms with Crippen LogP contribution in [0, 0.1) is 11.8 Å². The van der Waals surface area contributed by atoms with E-state index in [4.69, 9.17) is 14.2 Å². The number of amides is 3. The van der Waals surface area contributed by atoms with Gasteiger partial charge in [0.15, 0.2) is 0 Å². The topological polar surface area (TPSA) is 138 Å². The number of allylic oxidation sites excluding steroid dienone is 1. The smallest absolute Gasteiger partial charge is 0.306 e. The number of cyclic esters (lactones) is 1. The molecular formula is C33H42N4O8. The van der Waals surface area contributed by atoms with Crippen molar-refractivity contribution in [1.29, 1.82) is 0 Å². The van der Waals surface area contributed by atoms with Crippen LogP contribution in [0.4, 0.5) is 0 Å². The number of likely N-dealkylation sites (tertiary alicyclic amines) is 1. The van der Waals surface area contributed by atoms with E-state index in [1.54, 1.807) is 17.1 Å². The maximum absolute atomic E-state index is 14.4. The molecule has 1 aromatic carbocycles. The molecule has 2 N–H and O–H groups in total. The fourth-order valence-corrected chi connectivity index (χ4v) is 7.25. The van der Waals surface area contributed by atoms with Crippen LogP contribution >= 0.6 is 0 Å². The molecule has 5 heterocycles. The Morgan fingerprint density at radius 3 is 2.56 bits per heavy atom. The number of esters is 1. The molecule has 3 saturated heterocycles. The van der Waals surface area contributed by atoms with Gasteiger partial charge in [-0.1, -0.05) is 54.6 Å². The van der Waals surface area contributed by atoms with E-state index in [0.717, 1.165) is 18.7 Å². The third-order valence-electron chi connectivity index (χ3n) is 9.50. The monoisotopic (exact) mass is 622 g/mol. The van der Waals surface area contributed by atoms with Gasteiger partial charge in [-0.3, -0.25) is 24.1 Å². The third kappa shape index (κ3) is 6.29. The Morgan fingerprint density at radius 2 is 1.78 bits per heavy atom. The molecule has 0 unspecified atom stereocenters. The van der Waals surface area contributed by atoms with Crippen LogP contribution in [0.2, 0.25) is 0 Å². The lowest BCUT2D eigenvalue weighted by atomic mass is 9.77. The van der Waals surface area contributed by atoms with Crippen molar-refractivity contribution in [3.8, 4) is 0 Å². The number of hydrogen-bond donors (Lipinski definition) is 2. The first-order chi connectivity index (χ1) is 21.9. The van der Waals surface area contributed by atoms with Crippen LogP contribution in [-0.4, -0.2) is 127 Å². The average Bonchev–Trinajstić information content (AvgIpc) is 3.44. The van der Waals surface area contributed by atoms with Crippen LogP contribution < -0.4 is 5.32 Å². The molecule has 5 aliphatic heterocycles. The summed E-state index contributed by atoms with van der Waals surface area (Å²) in [5.74, 6) is -3.26. The van der Waals surface area contributed by atoms with Crippen molar-refractivity contribution in [3.05, 3.63) is 60.2 Å². The summed E-state index contributed by atoms with van der Waals surface area (Å²) in [4.78, 5) is 61.0. The van der Waals surface area contributed by atoms with Gasteiger partial charge in [0.25, 0.3) is 0 Å². The summed E-state index contributed by atoms with van der Waals surface area (Å²) < 4.78 is 17.7. The highest BCUT2D eigenvalue weighted by molar-refractivity contribution is 5.99. The number of nitrogens with zero attached hydrogens (tertiary/aromatic N) is 3. The second kappa shape index (κ2) is 13.8. The van der Waals surface area contributed by atoms with Gasteiger partial charge in [0.1, 0.15) is 18.2 Å². The lowest BCUT2D eigenvalue weighted by Crippen LogP contribution is -2.56. The minimum atomic E-state index is -1.37. The molecule has 3 fully saturated rings. The van der Waals surface area contributed by atoms with Crippen molar-refractivity contribution in [2.45, 2.75) is 43.1 Å². The first-order valence-corrected chi connectivity index (χ1v) is 16.0. The zero-order valence-electron chi connectivity index (χ0n) is 25.4. The lowest BCUT2D eigenvalue weighted by molar-refractivity contribution is -0.148. The van der Waals surface area contributed by atoms with Gasteiger partial charge >= 0.3 is 5.97 Å². The SMILES string of the molecule is O=C1CC/C=C\[C@H]2O[C@]34C=CCN(CCN5CCOCC5)C(=O)[C@H]3N(CCCO)C(=O)[C@@H]4[C@H]2C(=O)N[C@H](c2ccccc2)CO1. The highest BCUT2D eigenvalue weighted by atomic mass is 16.5. The molecule has 45 heavy (non-hydrogen) atoms. The van der Waals surface area contributed by atoms with Crippen molar-refractivity contribution >= 4 is 23.7 Å². The molecule has 1 spiro atoms. The van der Waals surface area contributed by atoms with Gasteiger partial charge in [0.05, 0.1) is 37.2 Å². The molecule has 0 bridgehead atoms. The van der Waals surface area contributed by atoms with Gasteiger partial charge in [-0.25, -0.2) is 0 Å². The highest BCUT2D eigenvalue weighted by Gasteiger charge is 2.71. The van der Waals surface area contributed by atoms with Crippen molar-refractivity contribution in [2.75, 3.05) is 65.7 Å². The Bertz CT molecular complexity index is 1310. The third-order valence-corrected chi connectivity index (χ3v) is 9.50. The molecular weight excluding hydrogens is 580 g/mol. The van der Waals surface area contributed by atoms with E-state index < -0.39 is 41.5 Å². The second-order valence-corrected chi connectivity index (χ2v) is 12.2. The summed E-state index contributed by atoms with van der Waals surface area (Å²) >= 11 is 0. The summed E-state index contributed by atoms with van der Waals surface area (Å²) in [5, 5.41) is 12.7. The fourth-order valence-electron chi connectivity index (χ4n) is 7.25. The van der Waals surface area contributed by atoms with Crippen LogP contribution in [-0.2, 0) is 33.4 Å². The summed E-state index contributed by atoms with van der Waals surface area (Å²) in [6.07, 6.45) is 7.24. The highest BCUT2D eigenvalue weighted by Crippen LogP contribution is 2.52. The van der Waals surface area contributed by atoms with E-state index >= 15 is 0 Å². The molecule has 6 atom stereocenters. The van der Waals surface area contributed by atoms with Crippen molar-refractivity contribution in [2.24, 2.45) is 11.8 Å². The van der Waals surface area contributed by atoms with Crippen LogP contribution in [0.5, 0.6) is 0 Å². The molecule has 12 heteroatoms. The Hall–Kier alpha value is -3.58. The zero-order valence-corrected chi connectivity index (χ0v) is 25.4. The molecule has 3 amide bonds. The van der Waals surface area contributed by atoms with Gasteiger partial charge in [-0.05, 0) is 18.4 Å². The zero-order chi connectivity index (χ0) is 31.4. The maximum Gasteiger partial charge on any atom is 0.306 e. The molecule has 242 valence electrons. The molecule has 12 nitrogen and oxygen atoms in total. The van der Waals surface area contributed by atoms with Gasteiger partial charge in [0.2, 0.25) is 17.7 Å². The Kier molecular flexibility index (Phi) is 9.64. The van der Waals surface area contributed by atoms with Crippen LogP contribution in [0.25, 0.3) is 0 Å². The van der Waals surface area contributed by atoms with Crippen LogP contribution in [0.3, 0.4) is 0 Å².